The van der Waals surface area contributed by atoms with Crippen molar-refractivity contribution in [3.8, 4) is 0 Å². The number of carbonyl (C=O) groups excluding carboxylic acids is 2. The number of carbonyl (C=O) groups is 2. The van der Waals surface area contributed by atoms with Gasteiger partial charge < -0.3 is 5.32 Å². The molecule has 1 unspecified atom stereocenters. The summed E-state index contributed by atoms with van der Waals surface area (Å²) in [5, 5.41) is 2.48. The highest BCUT2D eigenvalue weighted by Crippen LogP contribution is 1.96. The number of hydrazine groups is 1. The Morgan fingerprint density at radius 3 is 2.50 bits per heavy atom. The lowest BCUT2D eigenvalue weighted by molar-refractivity contribution is -0.127. The van der Waals surface area contributed by atoms with Crippen LogP contribution in [0, 0.1) is 0 Å². The van der Waals surface area contributed by atoms with Crippen LogP contribution in [-0.4, -0.2) is 29.9 Å². The zero-order valence-electron chi connectivity index (χ0n) is 7.09. The summed E-state index contributed by atoms with van der Waals surface area (Å²) in [5.41, 5.74) is 1.99. The van der Waals surface area contributed by atoms with Crippen molar-refractivity contribution in [1.82, 2.24) is 10.7 Å². The van der Waals surface area contributed by atoms with Crippen LogP contribution < -0.4 is 16.6 Å². The fourth-order valence-electron chi connectivity index (χ4n) is 0.696. The molecule has 0 aliphatic carbocycles. The predicted octanol–water partition coefficient (Wildman–Crippen LogP) is -1.16. The summed E-state index contributed by atoms with van der Waals surface area (Å²) in [7, 11) is 0. The van der Waals surface area contributed by atoms with Gasteiger partial charge in [-0.1, -0.05) is 0 Å². The smallest absolute Gasteiger partial charge is 0.257 e. The summed E-state index contributed by atoms with van der Waals surface area (Å²) in [4.78, 5) is 21.6. The van der Waals surface area contributed by atoms with E-state index in [9.17, 15) is 9.59 Å². The first-order valence-corrected chi connectivity index (χ1v) is 4.77. The Hall–Kier alpha value is -0.750. The first-order valence-electron chi connectivity index (χ1n) is 3.38. The number of hydrogen-bond acceptors (Lipinski definition) is 4. The van der Waals surface area contributed by atoms with Crippen molar-refractivity contribution in [2.24, 2.45) is 5.84 Å². The summed E-state index contributed by atoms with van der Waals surface area (Å²) in [5.74, 6) is 4.82. The molecule has 1 atom stereocenters. The second-order valence-electron chi connectivity index (χ2n) is 2.22. The van der Waals surface area contributed by atoms with E-state index in [0.29, 0.717) is 5.75 Å². The van der Waals surface area contributed by atoms with E-state index in [1.165, 1.54) is 18.7 Å². The standard InChI is InChI=1S/C6H13N3O2S/c1-4(10)8-5(3-12-2)6(11)9-7/h5H,3,7H2,1-2H3,(H,8,10)(H,9,11). The zero-order chi connectivity index (χ0) is 9.56. The van der Waals surface area contributed by atoms with Crippen LogP contribution >= 0.6 is 11.8 Å². The van der Waals surface area contributed by atoms with Gasteiger partial charge in [-0.05, 0) is 6.26 Å². The van der Waals surface area contributed by atoms with E-state index in [2.05, 4.69) is 5.32 Å². The molecule has 4 N–H and O–H groups in total. The molecule has 0 fully saturated rings. The third kappa shape index (κ3) is 4.20. The zero-order valence-corrected chi connectivity index (χ0v) is 7.90. The van der Waals surface area contributed by atoms with Crippen LogP contribution in [-0.2, 0) is 9.59 Å². The summed E-state index contributed by atoms with van der Waals surface area (Å²) in [6.45, 7) is 1.36. The van der Waals surface area contributed by atoms with Gasteiger partial charge in [-0.2, -0.15) is 11.8 Å². The van der Waals surface area contributed by atoms with Crippen molar-refractivity contribution in [3.05, 3.63) is 0 Å². The quantitative estimate of drug-likeness (QED) is 0.297. The highest BCUT2D eigenvalue weighted by atomic mass is 32.2. The van der Waals surface area contributed by atoms with Gasteiger partial charge in [0, 0.05) is 12.7 Å². The van der Waals surface area contributed by atoms with E-state index in [4.69, 9.17) is 5.84 Å². The van der Waals surface area contributed by atoms with Crippen LogP contribution in [0.3, 0.4) is 0 Å². The molecule has 12 heavy (non-hydrogen) atoms. The van der Waals surface area contributed by atoms with E-state index in [-0.39, 0.29) is 11.8 Å². The molecule has 0 aromatic heterocycles. The van der Waals surface area contributed by atoms with Gasteiger partial charge in [0.05, 0.1) is 0 Å². The van der Waals surface area contributed by atoms with Crippen LogP contribution in [0.15, 0.2) is 0 Å². The van der Waals surface area contributed by atoms with Gasteiger partial charge in [0.2, 0.25) is 5.91 Å². The summed E-state index contributed by atoms with van der Waals surface area (Å²) < 4.78 is 0. The van der Waals surface area contributed by atoms with Crippen LogP contribution in [0.2, 0.25) is 0 Å². The molecule has 0 aromatic carbocycles. The molecule has 0 aliphatic rings. The van der Waals surface area contributed by atoms with E-state index < -0.39 is 6.04 Å². The number of hydrogen-bond donors (Lipinski definition) is 3. The lowest BCUT2D eigenvalue weighted by Gasteiger charge is -2.13. The van der Waals surface area contributed by atoms with Gasteiger partial charge in [0.15, 0.2) is 0 Å². The second-order valence-corrected chi connectivity index (χ2v) is 3.13. The van der Waals surface area contributed by atoms with Gasteiger partial charge in [-0.3, -0.25) is 15.0 Å². The molecule has 2 amide bonds. The van der Waals surface area contributed by atoms with Crippen molar-refractivity contribution in [3.63, 3.8) is 0 Å². The average molecular weight is 191 g/mol. The number of amides is 2. The minimum Gasteiger partial charge on any atom is -0.344 e. The lowest BCUT2D eigenvalue weighted by Crippen LogP contribution is -2.49. The van der Waals surface area contributed by atoms with Crippen LogP contribution in [0.25, 0.3) is 0 Å². The maximum absolute atomic E-state index is 11.0. The second kappa shape index (κ2) is 5.84. The van der Waals surface area contributed by atoms with Crippen molar-refractivity contribution in [2.75, 3.05) is 12.0 Å². The Morgan fingerprint density at radius 2 is 2.17 bits per heavy atom. The highest BCUT2D eigenvalue weighted by Gasteiger charge is 2.16. The molecule has 0 aromatic rings. The summed E-state index contributed by atoms with van der Waals surface area (Å²) in [6, 6.07) is -0.539. The number of thioether (sulfide) groups is 1. The fraction of sp³-hybridized carbons (Fsp3) is 0.667. The van der Waals surface area contributed by atoms with E-state index >= 15 is 0 Å². The van der Waals surface area contributed by atoms with Gasteiger partial charge in [-0.25, -0.2) is 5.84 Å². The maximum Gasteiger partial charge on any atom is 0.257 e. The molecule has 5 nitrogen and oxygen atoms in total. The molecule has 6 heteroatoms. The average Bonchev–Trinajstić information content (AvgIpc) is 2.01. The van der Waals surface area contributed by atoms with E-state index in [1.807, 2.05) is 11.7 Å². The van der Waals surface area contributed by atoms with Gasteiger partial charge in [0.1, 0.15) is 6.04 Å². The molecule has 70 valence electrons. The number of nitrogens with one attached hydrogen (secondary N) is 2. The van der Waals surface area contributed by atoms with E-state index in [0.717, 1.165) is 0 Å². The van der Waals surface area contributed by atoms with Crippen LogP contribution in [0.5, 0.6) is 0 Å². The Bertz CT molecular complexity index is 174. The topological polar surface area (TPSA) is 84.2 Å². The minimum atomic E-state index is -0.539. The van der Waals surface area contributed by atoms with Crippen molar-refractivity contribution < 1.29 is 9.59 Å². The maximum atomic E-state index is 11.0. The number of rotatable bonds is 4. The third-order valence-corrected chi connectivity index (χ3v) is 1.84. The molecule has 0 saturated carbocycles. The largest absolute Gasteiger partial charge is 0.344 e. The molecular formula is C6H13N3O2S. The fourth-order valence-corrected chi connectivity index (χ4v) is 1.26. The Morgan fingerprint density at radius 1 is 1.58 bits per heavy atom. The first kappa shape index (κ1) is 11.2. The highest BCUT2D eigenvalue weighted by molar-refractivity contribution is 7.98. The van der Waals surface area contributed by atoms with Crippen LogP contribution in [0.1, 0.15) is 6.92 Å². The molecule has 0 spiro atoms. The van der Waals surface area contributed by atoms with Crippen LogP contribution in [0.4, 0.5) is 0 Å². The van der Waals surface area contributed by atoms with Crippen molar-refractivity contribution >= 4 is 23.6 Å². The third-order valence-electron chi connectivity index (χ3n) is 1.17. The van der Waals surface area contributed by atoms with Gasteiger partial charge in [0.25, 0.3) is 5.91 Å². The molecule has 0 saturated heterocycles. The molecule has 0 aliphatic heterocycles. The Kier molecular flexibility index (Phi) is 5.48. The molecule has 0 rings (SSSR count). The summed E-state index contributed by atoms with van der Waals surface area (Å²) in [6.07, 6.45) is 1.85. The SMILES string of the molecule is CSCC(NC(C)=O)C(=O)NN. The van der Waals surface area contributed by atoms with Gasteiger partial charge >= 0.3 is 0 Å². The van der Waals surface area contributed by atoms with Gasteiger partial charge in [-0.15, -0.1) is 0 Å². The monoisotopic (exact) mass is 191 g/mol. The molecular weight excluding hydrogens is 178 g/mol. The van der Waals surface area contributed by atoms with Crippen molar-refractivity contribution in [1.29, 1.82) is 0 Å². The number of nitrogens with two attached hydrogens (primary N) is 1. The minimum absolute atomic E-state index is 0.238. The van der Waals surface area contributed by atoms with E-state index in [1.54, 1.807) is 0 Å². The molecule has 0 bridgehead atoms. The first-order chi connectivity index (χ1) is 5.61. The Labute approximate surface area is 75.4 Å². The molecule has 0 heterocycles. The Balaban J connectivity index is 4.02. The summed E-state index contributed by atoms with van der Waals surface area (Å²) >= 11 is 1.46. The van der Waals surface area contributed by atoms with Crippen molar-refractivity contribution in [2.45, 2.75) is 13.0 Å². The predicted molar refractivity (Wildman–Crippen MR) is 48.3 cm³/mol. The normalized spacial score (nSPS) is 11.9. The lowest BCUT2D eigenvalue weighted by atomic mass is 10.3. The molecule has 0 radical (unpaired) electrons.